The Labute approximate surface area is 118 Å². The molecule has 0 saturated carbocycles. The van der Waals surface area contributed by atoms with Gasteiger partial charge < -0.3 is 5.32 Å². The molecule has 0 amide bonds. The summed E-state index contributed by atoms with van der Waals surface area (Å²) in [5, 5.41) is 3.38. The third kappa shape index (κ3) is 3.14. The van der Waals surface area contributed by atoms with Gasteiger partial charge in [0.15, 0.2) is 0 Å². The summed E-state index contributed by atoms with van der Waals surface area (Å²) < 4.78 is 0.853. The van der Waals surface area contributed by atoms with E-state index in [4.69, 9.17) is 11.6 Å². The van der Waals surface area contributed by atoms with Crippen LogP contribution in [0.4, 0.5) is 0 Å². The summed E-state index contributed by atoms with van der Waals surface area (Å²) in [4.78, 5) is 1.29. The zero-order valence-corrected chi connectivity index (χ0v) is 12.5. The molecule has 96 valence electrons. The van der Waals surface area contributed by atoms with Crippen LogP contribution >= 0.6 is 22.9 Å². The summed E-state index contributed by atoms with van der Waals surface area (Å²) in [6.45, 7) is 4.31. The first-order valence-corrected chi connectivity index (χ1v) is 7.28. The van der Waals surface area contributed by atoms with Crippen molar-refractivity contribution in [3.05, 3.63) is 56.2 Å². The Hall–Kier alpha value is -0.830. The predicted molar refractivity (Wildman–Crippen MR) is 80.7 cm³/mol. The summed E-state index contributed by atoms with van der Waals surface area (Å²) >= 11 is 7.66. The molecule has 1 aromatic heterocycles. The fraction of sp³-hybridized carbons (Fsp3) is 0.333. The Morgan fingerprint density at radius 3 is 2.61 bits per heavy atom. The van der Waals surface area contributed by atoms with Gasteiger partial charge in [-0.15, -0.1) is 11.3 Å². The SMILES string of the molecule is CNC(Cc1cc(C)ccc1C)c1ccc(Cl)s1. The lowest BCUT2D eigenvalue weighted by molar-refractivity contribution is 0.600. The van der Waals surface area contributed by atoms with E-state index < -0.39 is 0 Å². The van der Waals surface area contributed by atoms with Crippen LogP contribution in [0.15, 0.2) is 30.3 Å². The van der Waals surface area contributed by atoms with Crippen LogP contribution in [0.1, 0.15) is 27.6 Å². The Kier molecular flexibility index (Phi) is 4.44. The molecule has 1 heterocycles. The van der Waals surface area contributed by atoms with Crippen molar-refractivity contribution in [1.29, 1.82) is 0 Å². The van der Waals surface area contributed by atoms with E-state index in [1.54, 1.807) is 11.3 Å². The molecule has 3 heteroatoms. The molecule has 0 aliphatic rings. The van der Waals surface area contributed by atoms with E-state index in [9.17, 15) is 0 Å². The molecule has 0 fully saturated rings. The van der Waals surface area contributed by atoms with E-state index in [-0.39, 0.29) is 0 Å². The summed E-state index contributed by atoms with van der Waals surface area (Å²) in [7, 11) is 2.00. The van der Waals surface area contributed by atoms with Crippen LogP contribution in [0.2, 0.25) is 4.34 Å². The number of nitrogens with one attached hydrogen (secondary N) is 1. The van der Waals surface area contributed by atoms with E-state index >= 15 is 0 Å². The van der Waals surface area contributed by atoms with Crippen molar-refractivity contribution in [2.24, 2.45) is 0 Å². The van der Waals surface area contributed by atoms with Crippen LogP contribution in [-0.2, 0) is 6.42 Å². The summed E-state index contributed by atoms with van der Waals surface area (Å²) in [6, 6.07) is 11.0. The van der Waals surface area contributed by atoms with Gasteiger partial charge >= 0.3 is 0 Å². The molecule has 1 unspecified atom stereocenters. The van der Waals surface area contributed by atoms with Crippen molar-refractivity contribution in [3.63, 3.8) is 0 Å². The van der Waals surface area contributed by atoms with Gasteiger partial charge in [0.25, 0.3) is 0 Å². The van der Waals surface area contributed by atoms with E-state index in [2.05, 4.69) is 43.4 Å². The number of hydrogen-bond acceptors (Lipinski definition) is 2. The molecule has 18 heavy (non-hydrogen) atoms. The van der Waals surface area contributed by atoms with Crippen LogP contribution in [0.3, 0.4) is 0 Å². The number of thiophene rings is 1. The zero-order valence-electron chi connectivity index (χ0n) is 11.0. The Bertz CT molecular complexity index is 533. The number of likely N-dealkylation sites (N-methyl/N-ethyl adjacent to an activating group) is 1. The maximum atomic E-state index is 6.01. The average molecular weight is 280 g/mol. The van der Waals surface area contributed by atoms with Crippen LogP contribution in [-0.4, -0.2) is 7.05 Å². The zero-order chi connectivity index (χ0) is 13.1. The molecule has 1 nitrogen and oxygen atoms in total. The number of hydrogen-bond donors (Lipinski definition) is 1. The van der Waals surface area contributed by atoms with Crippen LogP contribution in [0.25, 0.3) is 0 Å². The molecule has 0 spiro atoms. The molecule has 1 aromatic carbocycles. The maximum absolute atomic E-state index is 6.01. The predicted octanol–water partition coefficient (Wildman–Crippen LogP) is 4.52. The number of aryl methyl sites for hydroxylation is 2. The molecule has 2 aromatic rings. The second-order valence-electron chi connectivity index (χ2n) is 4.62. The standard InChI is InChI=1S/C15H18ClNS/c1-10-4-5-11(2)12(8-10)9-13(17-3)14-6-7-15(16)18-14/h4-8,13,17H,9H2,1-3H3. The highest BCUT2D eigenvalue weighted by atomic mass is 35.5. The van der Waals surface area contributed by atoms with Gasteiger partial charge in [-0.2, -0.15) is 0 Å². The quantitative estimate of drug-likeness (QED) is 0.868. The minimum absolute atomic E-state index is 0.336. The van der Waals surface area contributed by atoms with Crippen molar-refractivity contribution < 1.29 is 0 Å². The fourth-order valence-corrected chi connectivity index (χ4v) is 3.27. The van der Waals surface area contributed by atoms with E-state index in [1.807, 2.05) is 13.1 Å². The van der Waals surface area contributed by atoms with Crippen LogP contribution < -0.4 is 5.32 Å². The minimum Gasteiger partial charge on any atom is -0.312 e. The van der Waals surface area contributed by atoms with Gasteiger partial charge in [0.1, 0.15) is 0 Å². The molecule has 2 rings (SSSR count). The maximum Gasteiger partial charge on any atom is 0.0931 e. The molecule has 1 N–H and O–H groups in total. The average Bonchev–Trinajstić information content (AvgIpc) is 2.77. The third-order valence-electron chi connectivity index (χ3n) is 3.21. The topological polar surface area (TPSA) is 12.0 Å². The number of halogens is 1. The van der Waals surface area contributed by atoms with Gasteiger partial charge in [-0.25, -0.2) is 0 Å². The Morgan fingerprint density at radius 2 is 2.00 bits per heavy atom. The lowest BCUT2D eigenvalue weighted by atomic mass is 9.98. The lowest BCUT2D eigenvalue weighted by Gasteiger charge is -2.16. The van der Waals surface area contributed by atoms with Crippen LogP contribution in [0, 0.1) is 13.8 Å². The van der Waals surface area contributed by atoms with Crippen LogP contribution in [0.5, 0.6) is 0 Å². The van der Waals surface area contributed by atoms with Crippen molar-refractivity contribution in [2.75, 3.05) is 7.05 Å². The molecule has 0 aliphatic carbocycles. The summed E-state index contributed by atoms with van der Waals surface area (Å²) in [6.07, 6.45) is 1.00. The van der Waals surface area contributed by atoms with Crippen molar-refractivity contribution in [2.45, 2.75) is 26.3 Å². The summed E-state index contributed by atoms with van der Waals surface area (Å²) in [5.74, 6) is 0. The molecular weight excluding hydrogens is 262 g/mol. The van der Waals surface area contributed by atoms with Gasteiger partial charge in [-0.1, -0.05) is 35.4 Å². The largest absolute Gasteiger partial charge is 0.312 e. The fourth-order valence-electron chi connectivity index (χ4n) is 2.10. The van der Waals surface area contributed by atoms with Crippen molar-refractivity contribution >= 4 is 22.9 Å². The normalized spacial score (nSPS) is 12.7. The van der Waals surface area contributed by atoms with E-state index in [0.717, 1.165) is 10.8 Å². The van der Waals surface area contributed by atoms with E-state index in [0.29, 0.717) is 6.04 Å². The summed E-state index contributed by atoms with van der Waals surface area (Å²) in [5.41, 5.74) is 4.07. The first-order chi connectivity index (χ1) is 8.60. The van der Waals surface area contributed by atoms with Gasteiger partial charge in [0, 0.05) is 10.9 Å². The first-order valence-electron chi connectivity index (χ1n) is 6.09. The van der Waals surface area contributed by atoms with Gasteiger partial charge in [0.2, 0.25) is 0 Å². The Balaban J connectivity index is 2.22. The van der Waals surface area contributed by atoms with Crippen molar-refractivity contribution in [3.8, 4) is 0 Å². The Morgan fingerprint density at radius 1 is 1.22 bits per heavy atom. The molecule has 0 saturated heterocycles. The van der Waals surface area contributed by atoms with Gasteiger partial charge in [-0.05, 0) is 50.6 Å². The highest BCUT2D eigenvalue weighted by Crippen LogP contribution is 2.29. The highest BCUT2D eigenvalue weighted by molar-refractivity contribution is 7.16. The van der Waals surface area contributed by atoms with Crippen molar-refractivity contribution in [1.82, 2.24) is 5.32 Å². The molecule has 0 aliphatic heterocycles. The number of benzene rings is 1. The monoisotopic (exact) mass is 279 g/mol. The first kappa shape index (κ1) is 13.6. The van der Waals surface area contributed by atoms with Gasteiger partial charge in [0.05, 0.1) is 4.34 Å². The second-order valence-corrected chi connectivity index (χ2v) is 6.36. The molecule has 0 radical (unpaired) electrons. The highest BCUT2D eigenvalue weighted by Gasteiger charge is 2.13. The van der Waals surface area contributed by atoms with E-state index in [1.165, 1.54) is 21.6 Å². The minimum atomic E-state index is 0.336. The number of rotatable bonds is 4. The molecular formula is C15H18ClNS. The molecule has 0 bridgehead atoms. The lowest BCUT2D eigenvalue weighted by Crippen LogP contribution is -2.18. The third-order valence-corrected chi connectivity index (χ3v) is 4.56. The van der Waals surface area contributed by atoms with Gasteiger partial charge in [-0.3, -0.25) is 0 Å². The second kappa shape index (κ2) is 5.87. The smallest absolute Gasteiger partial charge is 0.0931 e. The molecule has 1 atom stereocenters.